The first-order valence-electron chi connectivity index (χ1n) is 10.9. The van der Waals surface area contributed by atoms with Crippen molar-refractivity contribution in [2.24, 2.45) is 7.05 Å². The topological polar surface area (TPSA) is 128 Å². The first-order valence-corrected chi connectivity index (χ1v) is 10.9. The van der Waals surface area contributed by atoms with Crippen molar-refractivity contribution in [3.63, 3.8) is 0 Å². The number of rotatable bonds is 4. The van der Waals surface area contributed by atoms with Crippen molar-refractivity contribution in [3.8, 4) is 22.8 Å². The molecule has 3 N–H and O–H groups in total. The van der Waals surface area contributed by atoms with Crippen molar-refractivity contribution in [2.45, 2.75) is 6.61 Å². The minimum Gasteiger partial charge on any atom is -0.390 e. The molecule has 11 heteroatoms. The van der Waals surface area contributed by atoms with Gasteiger partial charge in [-0.15, -0.1) is 0 Å². The standard InChI is InChI=1S/C22H24N10O/c1-30-5-7-32(8-6-30)18-10-23-9-16-19(18)26-22(25-16)21-20-15(27-28-21)4-3-14(24-20)13-11-31(2)29-17(13)12-33/h3-4,9-11,33H,5-8,12H2,1-2H3,(H,25,26)(H,27,28). The van der Waals surface area contributed by atoms with E-state index in [1.165, 1.54) is 0 Å². The van der Waals surface area contributed by atoms with E-state index in [1.54, 1.807) is 10.9 Å². The molecule has 0 atom stereocenters. The van der Waals surface area contributed by atoms with Crippen LogP contribution >= 0.6 is 0 Å². The van der Waals surface area contributed by atoms with Crippen molar-refractivity contribution in [1.29, 1.82) is 0 Å². The number of aromatic nitrogens is 8. The molecular weight excluding hydrogens is 420 g/mol. The zero-order valence-corrected chi connectivity index (χ0v) is 18.4. The molecule has 6 heterocycles. The number of likely N-dealkylation sites (N-methyl/N-ethyl adjacent to an activating group) is 1. The van der Waals surface area contributed by atoms with Gasteiger partial charge in [-0.2, -0.15) is 10.2 Å². The molecule has 11 nitrogen and oxygen atoms in total. The van der Waals surface area contributed by atoms with Crippen molar-refractivity contribution in [3.05, 3.63) is 36.4 Å². The fraction of sp³-hybridized carbons (Fsp3) is 0.318. The van der Waals surface area contributed by atoms with E-state index in [0.29, 0.717) is 22.7 Å². The molecule has 5 aromatic rings. The minimum atomic E-state index is -0.153. The molecule has 33 heavy (non-hydrogen) atoms. The van der Waals surface area contributed by atoms with Crippen LogP contribution in [0.5, 0.6) is 0 Å². The predicted octanol–water partition coefficient (Wildman–Crippen LogP) is 1.54. The number of hydrogen-bond acceptors (Lipinski definition) is 8. The number of anilines is 1. The van der Waals surface area contributed by atoms with Crippen molar-refractivity contribution >= 4 is 27.8 Å². The summed E-state index contributed by atoms with van der Waals surface area (Å²) in [4.78, 5) is 22.2. The van der Waals surface area contributed by atoms with Crippen LogP contribution < -0.4 is 4.90 Å². The number of pyridine rings is 2. The number of imidazole rings is 1. The number of nitrogens with zero attached hydrogens (tertiary/aromatic N) is 8. The Morgan fingerprint density at radius 3 is 2.67 bits per heavy atom. The molecule has 168 valence electrons. The van der Waals surface area contributed by atoms with Crippen molar-refractivity contribution in [2.75, 3.05) is 38.1 Å². The zero-order chi connectivity index (χ0) is 22.5. The third kappa shape index (κ3) is 3.33. The van der Waals surface area contributed by atoms with Crippen LogP contribution in [0.1, 0.15) is 5.69 Å². The van der Waals surface area contributed by atoms with Gasteiger partial charge in [0.05, 0.1) is 47.1 Å². The van der Waals surface area contributed by atoms with Gasteiger partial charge >= 0.3 is 0 Å². The number of aryl methyl sites for hydroxylation is 1. The Morgan fingerprint density at radius 1 is 1.00 bits per heavy atom. The molecule has 6 rings (SSSR count). The second kappa shape index (κ2) is 7.64. The Hall–Kier alpha value is -3.83. The van der Waals surface area contributed by atoms with E-state index < -0.39 is 0 Å². The second-order valence-electron chi connectivity index (χ2n) is 8.42. The summed E-state index contributed by atoms with van der Waals surface area (Å²) >= 11 is 0. The molecule has 0 aromatic carbocycles. The summed E-state index contributed by atoms with van der Waals surface area (Å²) in [6.45, 7) is 3.74. The maximum atomic E-state index is 9.68. The Balaban J connectivity index is 1.44. The van der Waals surface area contributed by atoms with Gasteiger partial charge in [0.2, 0.25) is 0 Å². The fourth-order valence-corrected chi connectivity index (χ4v) is 4.39. The van der Waals surface area contributed by atoms with E-state index in [-0.39, 0.29) is 6.61 Å². The lowest BCUT2D eigenvalue weighted by Gasteiger charge is -2.33. The monoisotopic (exact) mass is 444 g/mol. The normalized spacial score (nSPS) is 15.2. The highest BCUT2D eigenvalue weighted by atomic mass is 16.3. The number of aliphatic hydroxyl groups excluding tert-OH is 1. The number of piperazine rings is 1. The largest absolute Gasteiger partial charge is 0.390 e. The Bertz CT molecular complexity index is 1460. The summed E-state index contributed by atoms with van der Waals surface area (Å²) in [7, 11) is 3.96. The Labute approximate surface area is 189 Å². The summed E-state index contributed by atoms with van der Waals surface area (Å²) in [5.74, 6) is 0.637. The summed E-state index contributed by atoms with van der Waals surface area (Å²) in [6.07, 6.45) is 5.53. The van der Waals surface area contributed by atoms with Crippen LogP contribution in [0.15, 0.2) is 30.7 Å². The lowest BCUT2D eigenvalue weighted by molar-refractivity contribution is 0.276. The molecule has 0 spiro atoms. The van der Waals surface area contributed by atoms with E-state index in [4.69, 9.17) is 9.97 Å². The maximum absolute atomic E-state index is 9.68. The van der Waals surface area contributed by atoms with E-state index in [1.807, 2.05) is 31.6 Å². The van der Waals surface area contributed by atoms with Gasteiger partial charge in [-0.3, -0.25) is 14.8 Å². The predicted molar refractivity (Wildman–Crippen MR) is 125 cm³/mol. The van der Waals surface area contributed by atoms with Gasteiger partial charge in [0.15, 0.2) is 11.5 Å². The lowest BCUT2D eigenvalue weighted by atomic mass is 10.1. The third-order valence-corrected chi connectivity index (χ3v) is 6.18. The summed E-state index contributed by atoms with van der Waals surface area (Å²) < 4.78 is 1.68. The van der Waals surface area contributed by atoms with Crippen LogP contribution in [-0.4, -0.2) is 83.1 Å². The van der Waals surface area contributed by atoms with E-state index in [9.17, 15) is 5.11 Å². The minimum absolute atomic E-state index is 0.153. The highest BCUT2D eigenvalue weighted by Gasteiger charge is 2.21. The number of aromatic amines is 2. The van der Waals surface area contributed by atoms with Gasteiger partial charge in [-0.25, -0.2) is 9.97 Å². The zero-order valence-electron chi connectivity index (χ0n) is 18.4. The highest BCUT2D eigenvalue weighted by Crippen LogP contribution is 2.31. The fourth-order valence-electron chi connectivity index (χ4n) is 4.39. The van der Waals surface area contributed by atoms with Gasteiger partial charge in [0, 0.05) is 45.0 Å². The average Bonchev–Trinajstić information content (AvgIpc) is 3.54. The molecule has 0 radical (unpaired) electrons. The number of fused-ring (bicyclic) bond motifs is 2. The number of hydrogen-bond donors (Lipinski definition) is 3. The summed E-state index contributed by atoms with van der Waals surface area (Å²) in [5, 5.41) is 21.5. The molecular formula is C22H24N10O. The first-order chi connectivity index (χ1) is 16.1. The molecule has 0 amide bonds. The molecule has 0 bridgehead atoms. The lowest BCUT2D eigenvalue weighted by Crippen LogP contribution is -2.44. The molecule has 0 unspecified atom stereocenters. The summed E-state index contributed by atoms with van der Waals surface area (Å²) in [6, 6.07) is 3.83. The Morgan fingerprint density at radius 2 is 1.85 bits per heavy atom. The number of H-pyrrole nitrogens is 2. The van der Waals surface area contributed by atoms with Crippen LogP contribution in [0.2, 0.25) is 0 Å². The quantitative estimate of drug-likeness (QED) is 0.381. The molecule has 5 aromatic heterocycles. The molecule has 0 aliphatic carbocycles. The van der Waals surface area contributed by atoms with Crippen LogP contribution in [0.3, 0.4) is 0 Å². The van der Waals surface area contributed by atoms with Gasteiger partial charge in [0.1, 0.15) is 11.0 Å². The Kier molecular flexibility index (Phi) is 4.59. The SMILES string of the molecule is CN1CCN(c2cncc3[nH]c(-c4n[nH]c5ccc(-c6cn(C)nc6CO)nc45)nc23)CC1. The highest BCUT2D eigenvalue weighted by molar-refractivity contribution is 5.94. The van der Waals surface area contributed by atoms with Gasteiger partial charge < -0.3 is 19.9 Å². The first kappa shape index (κ1) is 19.8. The molecule has 1 fully saturated rings. The number of aliphatic hydroxyl groups is 1. The smallest absolute Gasteiger partial charge is 0.161 e. The van der Waals surface area contributed by atoms with Crippen molar-refractivity contribution in [1.82, 2.24) is 44.8 Å². The second-order valence-corrected chi connectivity index (χ2v) is 8.42. The van der Waals surface area contributed by atoms with Crippen LogP contribution in [-0.2, 0) is 13.7 Å². The summed E-state index contributed by atoms with van der Waals surface area (Å²) in [5.41, 5.74) is 7.02. The molecule has 1 aliphatic heterocycles. The molecule has 1 saturated heterocycles. The van der Waals surface area contributed by atoms with Crippen LogP contribution in [0.25, 0.3) is 44.8 Å². The van der Waals surface area contributed by atoms with Gasteiger partial charge in [0.25, 0.3) is 0 Å². The van der Waals surface area contributed by atoms with Crippen molar-refractivity contribution < 1.29 is 5.11 Å². The van der Waals surface area contributed by atoms with E-state index >= 15 is 0 Å². The average molecular weight is 445 g/mol. The van der Waals surface area contributed by atoms with Gasteiger partial charge in [-0.1, -0.05) is 0 Å². The molecule has 0 saturated carbocycles. The molecule has 1 aliphatic rings. The van der Waals surface area contributed by atoms with Crippen LogP contribution in [0, 0.1) is 0 Å². The third-order valence-electron chi connectivity index (χ3n) is 6.18. The maximum Gasteiger partial charge on any atom is 0.161 e. The van der Waals surface area contributed by atoms with E-state index in [2.05, 4.69) is 42.1 Å². The van der Waals surface area contributed by atoms with E-state index in [0.717, 1.165) is 59.7 Å². The number of nitrogens with one attached hydrogen (secondary N) is 2. The van der Waals surface area contributed by atoms with Gasteiger partial charge in [-0.05, 0) is 19.2 Å². The van der Waals surface area contributed by atoms with Crippen LogP contribution in [0.4, 0.5) is 5.69 Å².